The van der Waals surface area contributed by atoms with Crippen LogP contribution in [-0.4, -0.2) is 21.1 Å². The molecule has 1 N–H and O–H groups in total. The molecule has 1 amide bonds. The molecule has 24 heavy (non-hydrogen) atoms. The quantitative estimate of drug-likeness (QED) is 0.719. The van der Waals surface area contributed by atoms with E-state index in [1.165, 1.54) is 36.0 Å². The molecule has 0 aliphatic rings. The molecule has 0 atom stereocenters. The lowest BCUT2D eigenvalue weighted by Gasteiger charge is -2.05. The van der Waals surface area contributed by atoms with Crippen molar-refractivity contribution in [3.63, 3.8) is 0 Å². The first kappa shape index (κ1) is 16.1. The summed E-state index contributed by atoms with van der Waals surface area (Å²) < 4.78 is 13.1. The van der Waals surface area contributed by atoms with E-state index in [9.17, 15) is 9.18 Å². The van der Waals surface area contributed by atoms with E-state index in [4.69, 9.17) is 0 Å². The SMILES string of the molecule is O=C(Nc1ccc(SCc2ccncc2)nn1)c1cccc(F)c1. The van der Waals surface area contributed by atoms with Gasteiger partial charge in [0, 0.05) is 23.7 Å². The molecule has 0 bridgehead atoms. The highest BCUT2D eigenvalue weighted by atomic mass is 32.2. The van der Waals surface area contributed by atoms with Gasteiger partial charge in [0.2, 0.25) is 0 Å². The van der Waals surface area contributed by atoms with Crippen LogP contribution in [0.4, 0.5) is 10.2 Å². The highest BCUT2D eigenvalue weighted by Crippen LogP contribution is 2.20. The van der Waals surface area contributed by atoms with Gasteiger partial charge in [-0.05, 0) is 48.0 Å². The molecule has 120 valence electrons. The second kappa shape index (κ2) is 7.65. The molecular weight excluding hydrogens is 327 g/mol. The molecule has 0 aliphatic heterocycles. The third kappa shape index (κ3) is 4.36. The van der Waals surface area contributed by atoms with Crippen LogP contribution in [-0.2, 0) is 5.75 Å². The number of thioether (sulfide) groups is 1. The van der Waals surface area contributed by atoms with Gasteiger partial charge in [-0.25, -0.2) is 4.39 Å². The predicted molar refractivity (Wildman–Crippen MR) is 90.2 cm³/mol. The molecule has 7 heteroatoms. The molecule has 0 saturated carbocycles. The molecule has 3 aromatic rings. The molecule has 0 unspecified atom stereocenters. The molecule has 0 radical (unpaired) electrons. The van der Waals surface area contributed by atoms with E-state index in [2.05, 4.69) is 20.5 Å². The Bertz CT molecular complexity index is 828. The number of hydrogen-bond acceptors (Lipinski definition) is 5. The summed E-state index contributed by atoms with van der Waals surface area (Å²) in [5, 5.41) is 11.4. The zero-order valence-corrected chi connectivity index (χ0v) is 13.3. The van der Waals surface area contributed by atoms with Gasteiger partial charge in [-0.1, -0.05) is 17.8 Å². The number of nitrogens with zero attached hydrogens (tertiary/aromatic N) is 3. The zero-order valence-electron chi connectivity index (χ0n) is 12.5. The van der Waals surface area contributed by atoms with Crippen molar-refractivity contribution in [2.24, 2.45) is 0 Å². The van der Waals surface area contributed by atoms with Crippen LogP contribution in [0.5, 0.6) is 0 Å². The Morgan fingerprint density at radius 1 is 1.08 bits per heavy atom. The Morgan fingerprint density at radius 2 is 1.92 bits per heavy atom. The summed E-state index contributed by atoms with van der Waals surface area (Å²) in [5.74, 6) is 0.182. The van der Waals surface area contributed by atoms with Crippen LogP contribution in [0.1, 0.15) is 15.9 Å². The van der Waals surface area contributed by atoms with Crippen LogP contribution in [0, 0.1) is 5.82 Å². The average Bonchev–Trinajstić information content (AvgIpc) is 2.62. The number of benzene rings is 1. The van der Waals surface area contributed by atoms with Crippen molar-refractivity contribution in [1.29, 1.82) is 0 Å². The maximum Gasteiger partial charge on any atom is 0.256 e. The highest BCUT2D eigenvalue weighted by molar-refractivity contribution is 7.98. The van der Waals surface area contributed by atoms with Gasteiger partial charge < -0.3 is 5.32 Å². The minimum Gasteiger partial charge on any atom is -0.305 e. The van der Waals surface area contributed by atoms with Crippen molar-refractivity contribution in [2.75, 3.05) is 5.32 Å². The fourth-order valence-corrected chi connectivity index (χ4v) is 2.69. The number of aromatic nitrogens is 3. The first-order valence-corrected chi connectivity index (χ1v) is 8.11. The van der Waals surface area contributed by atoms with E-state index in [1.54, 1.807) is 24.5 Å². The van der Waals surface area contributed by atoms with Gasteiger partial charge in [0.1, 0.15) is 10.8 Å². The summed E-state index contributed by atoms with van der Waals surface area (Å²) in [4.78, 5) is 16.0. The lowest BCUT2D eigenvalue weighted by Crippen LogP contribution is -2.13. The monoisotopic (exact) mass is 340 g/mol. The number of halogens is 1. The average molecular weight is 340 g/mol. The van der Waals surface area contributed by atoms with E-state index in [1.807, 2.05) is 12.1 Å². The predicted octanol–water partition coefficient (Wildman–Crippen LogP) is 3.56. The summed E-state index contributed by atoms with van der Waals surface area (Å²) in [7, 11) is 0. The zero-order chi connectivity index (χ0) is 16.8. The number of rotatable bonds is 5. The molecule has 0 aliphatic carbocycles. The fourth-order valence-electron chi connectivity index (χ4n) is 1.92. The standard InChI is InChI=1S/C17H13FN4OS/c18-14-3-1-2-13(10-14)17(23)20-15-4-5-16(22-21-15)24-11-12-6-8-19-9-7-12/h1-10H,11H2,(H,20,21,23). The Labute approximate surface area is 142 Å². The van der Waals surface area contributed by atoms with Crippen molar-refractivity contribution >= 4 is 23.5 Å². The minimum atomic E-state index is -0.461. The summed E-state index contributed by atoms with van der Waals surface area (Å²) in [6.45, 7) is 0. The first-order chi connectivity index (χ1) is 11.7. The molecule has 2 aromatic heterocycles. The Kier molecular flexibility index (Phi) is 5.12. The van der Waals surface area contributed by atoms with Crippen LogP contribution in [0.2, 0.25) is 0 Å². The molecule has 0 saturated heterocycles. The van der Waals surface area contributed by atoms with Crippen molar-refractivity contribution in [3.05, 3.63) is 77.9 Å². The minimum absolute atomic E-state index is 0.230. The number of anilines is 1. The topological polar surface area (TPSA) is 67.8 Å². The second-order valence-electron chi connectivity index (χ2n) is 4.87. The Morgan fingerprint density at radius 3 is 2.62 bits per heavy atom. The first-order valence-electron chi connectivity index (χ1n) is 7.13. The summed E-state index contributed by atoms with van der Waals surface area (Å²) in [6.07, 6.45) is 3.49. The lowest BCUT2D eigenvalue weighted by atomic mass is 10.2. The summed E-state index contributed by atoms with van der Waals surface area (Å²) in [6, 6.07) is 12.8. The van der Waals surface area contributed by atoms with Crippen LogP contribution in [0.15, 0.2) is 66.0 Å². The second-order valence-corrected chi connectivity index (χ2v) is 5.86. The normalized spacial score (nSPS) is 10.4. The van der Waals surface area contributed by atoms with Crippen molar-refractivity contribution < 1.29 is 9.18 Å². The van der Waals surface area contributed by atoms with Gasteiger partial charge in [0.15, 0.2) is 5.82 Å². The number of carbonyl (C=O) groups excluding carboxylic acids is 1. The summed E-state index contributed by atoms with van der Waals surface area (Å²) in [5.41, 5.74) is 1.37. The van der Waals surface area contributed by atoms with Gasteiger partial charge in [-0.3, -0.25) is 9.78 Å². The number of carbonyl (C=O) groups is 1. The van der Waals surface area contributed by atoms with E-state index in [0.29, 0.717) is 5.82 Å². The molecule has 0 fully saturated rings. The van der Waals surface area contributed by atoms with Gasteiger partial charge in [-0.2, -0.15) is 0 Å². The lowest BCUT2D eigenvalue weighted by molar-refractivity contribution is 0.102. The Hall–Kier alpha value is -2.80. The fraction of sp³-hybridized carbons (Fsp3) is 0.0588. The molecule has 1 aromatic carbocycles. The van der Waals surface area contributed by atoms with Gasteiger partial charge in [0.25, 0.3) is 5.91 Å². The van der Waals surface area contributed by atoms with E-state index in [0.717, 1.165) is 16.3 Å². The smallest absolute Gasteiger partial charge is 0.256 e. The third-order valence-electron chi connectivity index (χ3n) is 3.10. The molecule has 0 spiro atoms. The van der Waals surface area contributed by atoms with Crippen molar-refractivity contribution in [1.82, 2.24) is 15.2 Å². The van der Waals surface area contributed by atoms with Gasteiger partial charge >= 0.3 is 0 Å². The van der Waals surface area contributed by atoms with E-state index < -0.39 is 11.7 Å². The van der Waals surface area contributed by atoms with Crippen LogP contribution >= 0.6 is 11.8 Å². The summed E-state index contributed by atoms with van der Waals surface area (Å²) >= 11 is 1.54. The molecule has 2 heterocycles. The maximum absolute atomic E-state index is 13.1. The van der Waals surface area contributed by atoms with Crippen LogP contribution in [0.25, 0.3) is 0 Å². The maximum atomic E-state index is 13.1. The van der Waals surface area contributed by atoms with Gasteiger partial charge in [-0.15, -0.1) is 10.2 Å². The van der Waals surface area contributed by atoms with Crippen molar-refractivity contribution in [2.45, 2.75) is 10.8 Å². The number of amides is 1. The van der Waals surface area contributed by atoms with E-state index in [-0.39, 0.29) is 5.56 Å². The number of nitrogens with one attached hydrogen (secondary N) is 1. The van der Waals surface area contributed by atoms with Gasteiger partial charge in [0.05, 0.1) is 0 Å². The van der Waals surface area contributed by atoms with Crippen molar-refractivity contribution in [3.8, 4) is 0 Å². The molecule has 3 rings (SSSR count). The Balaban J connectivity index is 1.59. The van der Waals surface area contributed by atoms with Crippen LogP contribution < -0.4 is 5.32 Å². The highest BCUT2D eigenvalue weighted by Gasteiger charge is 2.08. The molecule has 5 nitrogen and oxygen atoms in total. The van der Waals surface area contributed by atoms with Crippen LogP contribution in [0.3, 0.4) is 0 Å². The molecular formula is C17H13FN4OS. The third-order valence-corrected chi connectivity index (χ3v) is 4.10. The largest absolute Gasteiger partial charge is 0.305 e. The van der Waals surface area contributed by atoms with E-state index >= 15 is 0 Å². The number of pyridine rings is 1. The number of hydrogen-bond donors (Lipinski definition) is 1.